The van der Waals surface area contributed by atoms with E-state index in [9.17, 15) is 24.5 Å². The molecule has 1 N–H and O–H groups in total. The first-order chi connectivity index (χ1) is 12.3. The fourth-order valence-electron chi connectivity index (χ4n) is 2.48. The maximum absolute atomic E-state index is 12.2. The Kier molecular flexibility index (Phi) is 4.36. The Balaban J connectivity index is 1.84. The molecule has 1 heterocycles. The number of benzene rings is 2. The van der Waals surface area contributed by atoms with Gasteiger partial charge in [-0.1, -0.05) is 6.07 Å². The average molecular weight is 355 g/mol. The lowest BCUT2D eigenvalue weighted by atomic mass is 10.1. The molecule has 9 nitrogen and oxygen atoms in total. The second-order valence-corrected chi connectivity index (χ2v) is 5.55. The van der Waals surface area contributed by atoms with E-state index in [0.717, 1.165) is 4.57 Å². The van der Waals surface area contributed by atoms with Crippen molar-refractivity contribution in [2.45, 2.75) is 13.5 Å². The van der Waals surface area contributed by atoms with Crippen molar-refractivity contribution < 1.29 is 18.9 Å². The first-order valence-electron chi connectivity index (χ1n) is 7.54. The maximum Gasteiger partial charge on any atom is 0.420 e. The molecule has 132 valence electrons. The number of aromatic nitrogens is 1. The summed E-state index contributed by atoms with van der Waals surface area (Å²) in [4.78, 5) is 45.8. The summed E-state index contributed by atoms with van der Waals surface area (Å²) < 4.78 is 6.19. The first-order valence-corrected chi connectivity index (χ1v) is 7.54. The third kappa shape index (κ3) is 3.36. The van der Waals surface area contributed by atoms with E-state index in [4.69, 9.17) is 4.42 Å². The second kappa shape index (κ2) is 6.63. The van der Waals surface area contributed by atoms with E-state index in [-0.39, 0.29) is 29.3 Å². The van der Waals surface area contributed by atoms with E-state index < -0.39 is 16.6 Å². The van der Waals surface area contributed by atoms with Gasteiger partial charge in [0.1, 0.15) is 6.54 Å². The van der Waals surface area contributed by atoms with E-state index in [1.807, 2.05) is 0 Å². The lowest BCUT2D eigenvalue weighted by molar-refractivity contribution is -0.384. The van der Waals surface area contributed by atoms with Gasteiger partial charge in [-0.25, -0.2) is 4.79 Å². The third-order valence-electron chi connectivity index (χ3n) is 3.72. The first kappa shape index (κ1) is 17.1. The summed E-state index contributed by atoms with van der Waals surface area (Å²) >= 11 is 0. The van der Waals surface area contributed by atoms with Crippen LogP contribution in [0.3, 0.4) is 0 Å². The van der Waals surface area contributed by atoms with Crippen molar-refractivity contribution in [3.63, 3.8) is 0 Å². The summed E-state index contributed by atoms with van der Waals surface area (Å²) in [7, 11) is 0. The van der Waals surface area contributed by atoms with Crippen LogP contribution in [0.25, 0.3) is 11.1 Å². The van der Waals surface area contributed by atoms with Crippen LogP contribution in [0.1, 0.15) is 17.3 Å². The topological polar surface area (TPSA) is 124 Å². The Morgan fingerprint density at radius 1 is 1.23 bits per heavy atom. The van der Waals surface area contributed by atoms with Crippen LogP contribution in [0, 0.1) is 10.1 Å². The minimum Gasteiger partial charge on any atom is -0.408 e. The zero-order valence-electron chi connectivity index (χ0n) is 13.6. The minimum absolute atomic E-state index is 0.162. The molecule has 1 aromatic heterocycles. The van der Waals surface area contributed by atoms with Crippen LogP contribution in [-0.2, 0) is 11.3 Å². The highest BCUT2D eigenvalue weighted by molar-refractivity contribution is 5.97. The van der Waals surface area contributed by atoms with Crippen LogP contribution in [-0.4, -0.2) is 21.2 Å². The number of carbonyl (C=O) groups excluding carboxylic acids is 2. The molecule has 3 aromatic rings. The molecule has 26 heavy (non-hydrogen) atoms. The number of nitro groups is 1. The number of Topliss-reactive ketones (excluding diaryl/α,β-unsaturated/α-hetero) is 1. The number of ketones is 1. The largest absolute Gasteiger partial charge is 0.420 e. The number of nitro benzene ring substituents is 1. The number of hydrogen-bond donors (Lipinski definition) is 1. The zero-order chi connectivity index (χ0) is 18.8. The zero-order valence-corrected chi connectivity index (χ0v) is 13.6. The number of fused-ring (bicyclic) bond motifs is 1. The lowest BCUT2D eigenvalue weighted by Crippen LogP contribution is -2.24. The van der Waals surface area contributed by atoms with Gasteiger partial charge in [0.15, 0.2) is 11.4 Å². The monoisotopic (exact) mass is 355 g/mol. The van der Waals surface area contributed by atoms with Gasteiger partial charge in [0.2, 0.25) is 5.91 Å². The molecular formula is C17H13N3O6. The molecule has 0 radical (unpaired) electrons. The molecule has 9 heteroatoms. The fraction of sp³-hybridized carbons (Fsp3) is 0.118. The number of nitrogens with zero attached hydrogens (tertiary/aromatic N) is 2. The van der Waals surface area contributed by atoms with Gasteiger partial charge in [-0.15, -0.1) is 0 Å². The third-order valence-corrected chi connectivity index (χ3v) is 3.72. The highest BCUT2D eigenvalue weighted by Gasteiger charge is 2.15. The predicted molar refractivity (Wildman–Crippen MR) is 92.2 cm³/mol. The second-order valence-electron chi connectivity index (χ2n) is 5.55. The summed E-state index contributed by atoms with van der Waals surface area (Å²) in [6.45, 7) is 1.05. The number of anilines is 1. The van der Waals surface area contributed by atoms with E-state index in [2.05, 4.69) is 5.32 Å². The Bertz CT molecular complexity index is 1100. The Hall–Kier alpha value is -3.75. The van der Waals surface area contributed by atoms with Crippen molar-refractivity contribution in [2.75, 3.05) is 5.32 Å². The van der Waals surface area contributed by atoms with Gasteiger partial charge >= 0.3 is 5.76 Å². The van der Waals surface area contributed by atoms with Crippen LogP contribution in [0.4, 0.5) is 11.4 Å². The predicted octanol–water partition coefficient (Wildman–Crippen LogP) is 2.34. The molecular weight excluding hydrogens is 342 g/mol. The van der Waals surface area contributed by atoms with Crippen molar-refractivity contribution in [3.05, 3.63) is 68.7 Å². The number of oxazole rings is 1. The summed E-state index contributed by atoms with van der Waals surface area (Å²) in [5.74, 6) is -1.47. The van der Waals surface area contributed by atoms with Gasteiger partial charge in [-0.2, -0.15) is 0 Å². The standard InChI is InChI=1S/C17H13N3O6/c1-10(21)11-5-6-14-15(7-11)26-17(23)19(14)9-16(22)18-12-3-2-4-13(8-12)20(24)25/h2-8H,9H2,1H3,(H,18,22). The molecule has 3 rings (SSSR count). The van der Waals surface area contributed by atoms with Crippen molar-refractivity contribution in [2.24, 2.45) is 0 Å². The van der Waals surface area contributed by atoms with Crippen molar-refractivity contribution in [3.8, 4) is 0 Å². The van der Waals surface area contributed by atoms with Crippen molar-refractivity contribution in [1.82, 2.24) is 4.57 Å². The van der Waals surface area contributed by atoms with Gasteiger partial charge in [0.25, 0.3) is 5.69 Å². The van der Waals surface area contributed by atoms with E-state index in [0.29, 0.717) is 11.1 Å². The number of non-ortho nitro benzene ring substituents is 1. The van der Waals surface area contributed by atoms with Crippen LogP contribution >= 0.6 is 0 Å². The highest BCUT2D eigenvalue weighted by atomic mass is 16.6. The van der Waals surface area contributed by atoms with Gasteiger partial charge in [0.05, 0.1) is 10.4 Å². The molecule has 0 aliphatic carbocycles. The molecule has 0 aliphatic rings. The lowest BCUT2D eigenvalue weighted by Gasteiger charge is -2.05. The SMILES string of the molecule is CC(=O)c1ccc2c(c1)oc(=O)n2CC(=O)Nc1cccc([N+](=O)[O-])c1. The fourth-order valence-corrected chi connectivity index (χ4v) is 2.48. The molecule has 0 bridgehead atoms. The smallest absolute Gasteiger partial charge is 0.408 e. The van der Waals surface area contributed by atoms with Crippen LogP contribution in [0.15, 0.2) is 51.7 Å². The van der Waals surface area contributed by atoms with Gasteiger partial charge in [0, 0.05) is 23.4 Å². The van der Waals surface area contributed by atoms with E-state index in [1.54, 1.807) is 0 Å². The molecule has 0 unspecified atom stereocenters. The van der Waals surface area contributed by atoms with E-state index >= 15 is 0 Å². The summed E-state index contributed by atoms with van der Waals surface area (Å²) in [5, 5.41) is 13.3. The Morgan fingerprint density at radius 2 is 2.00 bits per heavy atom. The molecule has 0 atom stereocenters. The van der Waals surface area contributed by atoms with E-state index in [1.165, 1.54) is 49.4 Å². The summed E-state index contributed by atoms with van der Waals surface area (Å²) in [5.41, 5.74) is 1.04. The van der Waals surface area contributed by atoms with Crippen LogP contribution < -0.4 is 11.1 Å². The summed E-state index contributed by atoms with van der Waals surface area (Å²) in [6, 6.07) is 9.96. The van der Waals surface area contributed by atoms with Crippen LogP contribution in [0.2, 0.25) is 0 Å². The Morgan fingerprint density at radius 3 is 2.69 bits per heavy atom. The number of rotatable bonds is 5. The molecule has 0 aliphatic heterocycles. The van der Waals surface area contributed by atoms with Gasteiger partial charge < -0.3 is 9.73 Å². The van der Waals surface area contributed by atoms with Crippen LogP contribution in [0.5, 0.6) is 0 Å². The highest BCUT2D eigenvalue weighted by Crippen LogP contribution is 2.18. The van der Waals surface area contributed by atoms with Crippen molar-refractivity contribution >= 4 is 34.2 Å². The number of carbonyl (C=O) groups is 2. The minimum atomic E-state index is -0.741. The molecule has 0 spiro atoms. The Labute approximate surface area is 146 Å². The van der Waals surface area contributed by atoms with Crippen molar-refractivity contribution in [1.29, 1.82) is 0 Å². The molecule has 1 amide bonds. The maximum atomic E-state index is 12.2. The average Bonchev–Trinajstić information content (AvgIpc) is 2.89. The number of nitrogens with one attached hydrogen (secondary N) is 1. The van der Waals surface area contributed by atoms with Gasteiger partial charge in [-0.05, 0) is 31.2 Å². The molecule has 2 aromatic carbocycles. The van der Waals surface area contributed by atoms with Gasteiger partial charge in [-0.3, -0.25) is 24.3 Å². The molecule has 0 saturated heterocycles. The number of hydrogen-bond acceptors (Lipinski definition) is 6. The number of amides is 1. The molecule has 0 saturated carbocycles. The molecule has 0 fully saturated rings. The summed E-state index contributed by atoms with van der Waals surface area (Å²) in [6.07, 6.45) is 0. The quantitative estimate of drug-likeness (QED) is 0.425. The normalized spacial score (nSPS) is 10.7.